The molecule has 0 saturated carbocycles. The first kappa shape index (κ1) is 12.7. The molecule has 1 heterocycles. The summed E-state index contributed by atoms with van der Waals surface area (Å²) in [5.41, 5.74) is 0. The number of ether oxygens (including phenoxy) is 1. The molecule has 1 N–H and O–H groups in total. The second-order valence-electron chi connectivity index (χ2n) is 3.10. The van der Waals surface area contributed by atoms with Crippen LogP contribution in [0.25, 0.3) is 0 Å². The van der Waals surface area contributed by atoms with E-state index in [4.69, 9.17) is 4.74 Å². The van der Waals surface area contributed by atoms with Gasteiger partial charge in [0.2, 0.25) is 0 Å². The number of carbonyl (C=O) groups is 1. The Morgan fingerprint density at radius 2 is 2.38 bits per heavy atom. The highest BCUT2D eigenvalue weighted by molar-refractivity contribution is 5.85. The number of carboxylic acids is 1. The summed E-state index contributed by atoms with van der Waals surface area (Å²) in [6.45, 7) is 2.25. The normalized spacial score (nSPS) is 22.0. The van der Waals surface area contributed by atoms with E-state index in [2.05, 4.69) is 5.32 Å². The third kappa shape index (κ3) is 5.85. The smallest absolute Gasteiger partial charge is 0.0861 e. The molecule has 0 radical (unpaired) electrons. The van der Waals surface area contributed by atoms with Crippen molar-refractivity contribution in [2.24, 2.45) is 5.92 Å². The van der Waals surface area contributed by atoms with Crippen molar-refractivity contribution in [2.75, 3.05) is 26.3 Å². The zero-order valence-electron chi connectivity index (χ0n) is 7.45. The Morgan fingerprint density at radius 1 is 1.62 bits per heavy atom. The Kier molecular flexibility index (Phi) is 6.94. The van der Waals surface area contributed by atoms with Crippen molar-refractivity contribution in [1.82, 2.24) is 5.32 Å². The maximum Gasteiger partial charge on any atom is 0.0861 e. The Bertz CT molecular complexity index is 148. The number of hydrogen-bond donors (Lipinski definition) is 1. The summed E-state index contributed by atoms with van der Waals surface area (Å²) in [5.74, 6) is -0.670. The standard InChI is InChI=1S/C8H15NO3.ClH/c10-8(11)6-12-5-7-2-1-3-9-4-7;/h7,9H,1-6H2,(H,10,11);1H/p-1. The van der Waals surface area contributed by atoms with E-state index in [1.807, 2.05) is 0 Å². The number of aliphatic carboxylic acids is 1. The minimum atomic E-state index is -1.14. The van der Waals surface area contributed by atoms with Gasteiger partial charge < -0.3 is 20.0 Å². The maximum absolute atomic E-state index is 9.99. The largest absolute Gasteiger partial charge is 0.548 e. The van der Waals surface area contributed by atoms with Crippen LogP contribution in [-0.2, 0) is 9.53 Å². The van der Waals surface area contributed by atoms with E-state index in [1.54, 1.807) is 0 Å². The lowest BCUT2D eigenvalue weighted by atomic mass is 10.0. The van der Waals surface area contributed by atoms with Gasteiger partial charge in [0.15, 0.2) is 0 Å². The van der Waals surface area contributed by atoms with Crippen LogP contribution < -0.4 is 10.4 Å². The number of nitrogens with one attached hydrogen (secondary N) is 1. The number of carboxylic acid groups (broad SMARTS) is 1. The lowest BCUT2D eigenvalue weighted by Gasteiger charge is -2.22. The van der Waals surface area contributed by atoms with Crippen molar-refractivity contribution in [3.8, 4) is 0 Å². The first-order valence-corrected chi connectivity index (χ1v) is 4.27. The average Bonchev–Trinajstić information content (AvgIpc) is 2.05. The van der Waals surface area contributed by atoms with Gasteiger partial charge in [0.1, 0.15) is 0 Å². The molecule has 1 unspecified atom stereocenters. The Labute approximate surface area is 84.1 Å². The summed E-state index contributed by atoms with van der Waals surface area (Å²) in [6.07, 6.45) is 2.28. The molecule has 1 saturated heterocycles. The molecule has 5 heteroatoms. The summed E-state index contributed by atoms with van der Waals surface area (Å²) >= 11 is 0. The molecule has 1 aliphatic rings. The van der Waals surface area contributed by atoms with E-state index in [-0.39, 0.29) is 19.0 Å². The van der Waals surface area contributed by atoms with Gasteiger partial charge in [-0.1, -0.05) is 0 Å². The van der Waals surface area contributed by atoms with Crippen LogP contribution in [-0.4, -0.2) is 32.3 Å². The molecule has 0 spiro atoms. The van der Waals surface area contributed by atoms with Gasteiger partial charge in [-0.05, 0) is 25.3 Å². The molecular weight excluding hydrogens is 194 g/mol. The van der Waals surface area contributed by atoms with Crippen LogP contribution >= 0.6 is 12.4 Å². The average molecular weight is 209 g/mol. The topological polar surface area (TPSA) is 61.4 Å². The summed E-state index contributed by atoms with van der Waals surface area (Å²) in [4.78, 5) is 9.99. The van der Waals surface area contributed by atoms with Crippen LogP contribution in [0.2, 0.25) is 0 Å². The molecule has 13 heavy (non-hydrogen) atoms. The van der Waals surface area contributed by atoms with Gasteiger partial charge in [0.25, 0.3) is 0 Å². The third-order valence-corrected chi connectivity index (χ3v) is 1.97. The number of carbonyl (C=O) groups excluding carboxylic acids is 1. The molecule has 0 amide bonds. The first-order chi connectivity index (χ1) is 5.79. The maximum atomic E-state index is 9.99. The van der Waals surface area contributed by atoms with Gasteiger partial charge in [0.05, 0.1) is 19.2 Å². The summed E-state index contributed by atoms with van der Waals surface area (Å²) < 4.78 is 4.93. The van der Waals surface area contributed by atoms with Crippen LogP contribution in [0, 0.1) is 5.92 Å². The molecule has 0 aromatic heterocycles. The van der Waals surface area contributed by atoms with Crippen molar-refractivity contribution in [2.45, 2.75) is 12.8 Å². The minimum Gasteiger partial charge on any atom is -0.548 e. The SMILES string of the molecule is Cl.O=C([O-])COCC1CCCNC1. The molecule has 1 atom stereocenters. The van der Waals surface area contributed by atoms with Gasteiger partial charge >= 0.3 is 0 Å². The zero-order chi connectivity index (χ0) is 8.81. The predicted molar refractivity (Wildman–Crippen MR) is 48.7 cm³/mol. The van der Waals surface area contributed by atoms with Crippen LogP contribution in [0.5, 0.6) is 0 Å². The Morgan fingerprint density at radius 3 is 2.92 bits per heavy atom. The molecular formula is C8H15ClNO3-. The fraction of sp³-hybridized carbons (Fsp3) is 0.875. The number of piperidine rings is 1. The summed E-state index contributed by atoms with van der Waals surface area (Å²) in [7, 11) is 0. The van der Waals surface area contributed by atoms with E-state index >= 15 is 0 Å². The first-order valence-electron chi connectivity index (χ1n) is 4.27. The molecule has 78 valence electrons. The van der Waals surface area contributed by atoms with Crippen molar-refractivity contribution < 1.29 is 14.6 Å². The van der Waals surface area contributed by atoms with Crippen molar-refractivity contribution >= 4 is 18.4 Å². The molecule has 1 fully saturated rings. The van der Waals surface area contributed by atoms with E-state index < -0.39 is 5.97 Å². The van der Waals surface area contributed by atoms with E-state index in [9.17, 15) is 9.90 Å². The van der Waals surface area contributed by atoms with Gasteiger partial charge in [-0.25, -0.2) is 0 Å². The highest BCUT2D eigenvalue weighted by Gasteiger charge is 2.12. The van der Waals surface area contributed by atoms with Crippen molar-refractivity contribution in [3.05, 3.63) is 0 Å². The molecule has 1 aliphatic heterocycles. The van der Waals surface area contributed by atoms with Gasteiger partial charge in [-0.2, -0.15) is 0 Å². The van der Waals surface area contributed by atoms with Crippen LogP contribution in [0.3, 0.4) is 0 Å². The predicted octanol–water partition coefficient (Wildman–Crippen LogP) is -0.826. The van der Waals surface area contributed by atoms with Gasteiger partial charge in [0, 0.05) is 6.54 Å². The Hall–Kier alpha value is -0.320. The molecule has 0 bridgehead atoms. The van der Waals surface area contributed by atoms with E-state index in [0.29, 0.717) is 12.5 Å². The molecule has 4 nitrogen and oxygen atoms in total. The third-order valence-electron chi connectivity index (χ3n) is 1.97. The molecule has 0 aromatic carbocycles. The van der Waals surface area contributed by atoms with Crippen molar-refractivity contribution in [1.29, 1.82) is 0 Å². The summed E-state index contributed by atoms with van der Waals surface area (Å²) in [6, 6.07) is 0. The number of rotatable bonds is 4. The quantitative estimate of drug-likeness (QED) is 0.656. The van der Waals surface area contributed by atoms with Crippen LogP contribution in [0.1, 0.15) is 12.8 Å². The zero-order valence-corrected chi connectivity index (χ0v) is 8.27. The molecule has 1 rings (SSSR count). The van der Waals surface area contributed by atoms with Crippen LogP contribution in [0.15, 0.2) is 0 Å². The van der Waals surface area contributed by atoms with E-state index in [1.165, 1.54) is 0 Å². The molecule has 0 aromatic rings. The lowest BCUT2D eigenvalue weighted by Crippen LogP contribution is -2.34. The fourth-order valence-electron chi connectivity index (χ4n) is 1.38. The van der Waals surface area contributed by atoms with Crippen molar-refractivity contribution in [3.63, 3.8) is 0 Å². The lowest BCUT2D eigenvalue weighted by molar-refractivity contribution is -0.309. The van der Waals surface area contributed by atoms with Gasteiger partial charge in [-0.15, -0.1) is 12.4 Å². The second kappa shape index (κ2) is 7.12. The highest BCUT2D eigenvalue weighted by atomic mass is 35.5. The monoisotopic (exact) mass is 208 g/mol. The number of hydrogen-bond acceptors (Lipinski definition) is 4. The van der Waals surface area contributed by atoms with Crippen LogP contribution in [0.4, 0.5) is 0 Å². The number of halogens is 1. The Balaban J connectivity index is 0.00000144. The fourth-order valence-corrected chi connectivity index (χ4v) is 1.38. The van der Waals surface area contributed by atoms with E-state index in [0.717, 1.165) is 25.9 Å². The minimum absolute atomic E-state index is 0. The van der Waals surface area contributed by atoms with Gasteiger partial charge in [-0.3, -0.25) is 0 Å². The molecule has 0 aliphatic carbocycles. The highest BCUT2D eigenvalue weighted by Crippen LogP contribution is 2.09. The second-order valence-corrected chi connectivity index (χ2v) is 3.10. The summed E-state index contributed by atoms with van der Waals surface area (Å²) in [5, 5.41) is 13.2.